The van der Waals surface area contributed by atoms with Gasteiger partial charge < -0.3 is 15.3 Å². The van der Waals surface area contributed by atoms with E-state index in [0.717, 1.165) is 25.7 Å². The van der Waals surface area contributed by atoms with Crippen LogP contribution in [0.5, 0.6) is 0 Å². The molecule has 2 aliphatic rings. The number of carboxylic acids is 1. The van der Waals surface area contributed by atoms with Crippen LogP contribution < -0.4 is 5.32 Å². The zero-order valence-electron chi connectivity index (χ0n) is 14.9. The molecule has 1 aromatic carbocycles. The zero-order chi connectivity index (χ0) is 18.5. The molecule has 3 rings (SSSR count). The third kappa shape index (κ3) is 4.42. The van der Waals surface area contributed by atoms with Gasteiger partial charge >= 0.3 is 5.97 Å². The van der Waals surface area contributed by atoms with Crippen molar-refractivity contribution in [2.75, 3.05) is 18.4 Å². The number of nitrogens with one attached hydrogen (secondary N) is 1. The van der Waals surface area contributed by atoms with Crippen LogP contribution in [-0.4, -0.2) is 40.9 Å². The molecule has 1 saturated heterocycles. The Morgan fingerprint density at radius 2 is 1.73 bits per heavy atom. The summed E-state index contributed by atoms with van der Waals surface area (Å²) in [5.41, 5.74) is 1.11. The van der Waals surface area contributed by atoms with Crippen molar-refractivity contribution >= 4 is 23.5 Å². The highest BCUT2D eigenvalue weighted by Gasteiger charge is 2.29. The number of rotatable bonds is 4. The van der Waals surface area contributed by atoms with Crippen LogP contribution in [0.15, 0.2) is 24.3 Å². The summed E-state index contributed by atoms with van der Waals surface area (Å²) < 4.78 is 0. The minimum Gasteiger partial charge on any atom is -0.481 e. The number of hydrogen-bond donors (Lipinski definition) is 2. The predicted molar refractivity (Wildman–Crippen MR) is 97.9 cm³/mol. The Balaban J connectivity index is 1.65. The minimum absolute atomic E-state index is 0.0261. The van der Waals surface area contributed by atoms with Gasteiger partial charge in [-0.15, -0.1) is 0 Å². The van der Waals surface area contributed by atoms with Gasteiger partial charge in [-0.2, -0.15) is 0 Å². The van der Waals surface area contributed by atoms with E-state index < -0.39 is 11.9 Å². The molecular weight excluding hydrogens is 332 g/mol. The first-order valence-corrected chi connectivity index (χ1v) is 9.47. The number of amides is 2. The number of anilines is 1. The van der Waals surface area contributed by atoms with Crippen molar-refractivity contribution in [2.24, 2.45) is 11.8 Å². The van der Waals surface area contributed by atoms with Gasteiger partial charge in [0.1, 0.15) is 0 Å². The number of carbonyl (C=O) groups is 3. The molecular formula is C20H26N2O4. The highest BCUT2D eigenvalue weighted by atomic mass is 16.4. The van der Waals surface area contributed by atoms with Gasteiger partial charge in [-0.25, -0.2) is 0 Å². The van der Waals surface area contributed by atoms with Crippen LogP contribution >= 0.6 is 0 Å². The molecule has 6 heteroatoms. The lowest BCUT2D eigenvalue weighted by Crippen LogP contribution is -2.42. The summed E-state index contributed by atoms with van der Waals surface area (Å²) >= 11 is 0. The number of hydrogen-bond acceptors (Lipinski definition) is 3. The minimum atomic E-state index is -0.851. The molecule has 140 valence electrons. The molecule has 2 amide bonds. The van der Waals surface area contributed by atoms with E-state index in [1.54, 1.807) is 29.2 Å². The standard InChI is InChI=1S/C20H26N2O4/c23-18(14-6-2-1-3-7-14)21-17-10-4-8-15(12-17)19(24)22-11-5-9-16(13-22)20(25)26/h4,8,10,12,14,16H,1-3,5-7,9,11,13H2,(H,21,23)(H,25,26)/t16-/m0/s1. The van der Waals surface area contributed by atoms with Crippen molar-refractivity contribution < 1.29 is 19.5 Å². The van der Waals surface area contributed by atoms with Crippen LogP contribution in [0, 0.1) is 11.8 Å². The van der Waals surface area contributed by atoms with Gasteiger partial charge in [0.25, 0.3) is 5.91 Å². The average molecular weight is 358 g/mol. The Morgan fingerprint density at radius 1 is 1.00 bits per heavy atom. The smallest absolute Gasteiger partial charge is 0.308 e. The van der Waals surface area contributed by atoms with E-state index in [-0.39, 0.29) is 24.3 Å². The summed E-state index contributed by atoms with van der Waals surface area (Å²) in [6, 6.07) is 6.94. The molecule has 0 aromatic heterocycles. The number of benzene rings is 1. The highest BCUT2D eigenvalue weighted by molar-refractivity contribution is 5.98. The number of nitrogens with zero attached hydrogens (tertiary/aromatic N) is 1. The van der Waals surface area contributed by atoms with Crippen LogP contribution in [-0.2, 0) is 9.59 Å². The second-order valence-corrected chi connectivity index (χ2v) is 7.33. The normalized spacial score (nSPS) is 21.2. The molecule has 1 atom stereocenters. The zero-order valence-corrected chi connectivity index (χ0v) is 14.9. The fourth-order valence-electron chi connectivity index (χ4n) is 3.88. The van der Waals surface area contributed by atoms with Gasteiger partial charge in [0.15, 0.2) is 0 Å². The molecule has 1 saturated carbocycles. The Kier molecular flexibility index (Phi) is 5.91. The lowest BCUT2D eigenvalue weighted by molar-refractivity contribution is -0.143. The first kappa shape index (κ1) is 18.4. The first-order valence-electron chi connectivity index (χ1n) is 9.47. The number of carboxylic acid groups (broad SMARTS) is 1. The maximum absolute atomic E-state index is 12.7. The summed E-state index contributed by atoms with van der Waals surface area (Å²) in [5.74, 6) is -1.44. The third-order valence-corrected chi connectivity index (χ3v) is 5.41. The number of aliphatic carboxylic acids is 1. The second-order valence-electron chi connectivity index (χ2n) is 7.33. The number of piperidine rings is 1. The molecule has 1 aliphatic heterocycles. The van der Waals surface area contributed by atoms with Crippen molar-refractivity contribution in [2.45, 2.75) is 44.9 Å². The Bertz CT molecular complexity index is 682. The van der Waals surface area contributed by atoms with Crippen molar-refractivity contribution in [1.82, 2.24) is 4.90 Å². The summed E-state index contributed by atoms with van der Waals surface area (Å²) in [5, 5.41) is 12.1. The lowest BCUT2D eigenvalue weighted by Gasteiger charge is -2.30. The fraction of sp³-hybridized carbons (Fsp3) is 0.550. The van der Waals surface area contributed by atoms with Crippen LogP contribution in [0.3, 0.4) is 0 Å². The van der Waals surface area contributed by atoms with Crippen LogP contribution in [0.4, 0.5) is 5.69 Å². The molecule has 0 spiro atoms. The van der Waals surface area contributed by atoms with E-state index in [2.05, 4.69) is 5.32 Å². The van der Waals surface area contributed by atoms with Crippen LogP contribution in [0.1, 0.15) is 55.3 Å². The van der Waals surface area contributed by atoms with Crippen molar-refractivity contribution in [1.29, 1.82) is 0 Å². The van der Waals surface area contributed by atoms with Gasteiger partial charge in [0.2, 0.25) is 5.91 Å². The van der Waals surface area contributed by atoms with E-state index in [1.165, 1.54) is 6.42 Å². The van der Waals surface area contributed by atoms with E-state index in [4.69, 9.17) is 0 Å². The Labute approximate surface area is 153 Å². The number of likely N-dealkylation sites (tertiary alicyclic amines) is 1. The van der Waals surface area contributed by atoms with Crippen molar-refractivity contribution in [3.63, 3.8) is 0 Å². The summed E-state index contributed by atoms with van der Waals surface area (Å²) in [6.45, 7) is 0.814. The third-order valence-electron chi connectivity index (χ3n) is 5.41. The monoisotopic (exact) mass is 358 g/mol. The highest BCUT2D eigenvalue weighted by Crippen LogP contribution is 2.25. The molecule has 0 radical (unpaired) electrons. The van der Waals surface area contributed by atoms with Gasteiger partial charge in [0, 0.05) is 30.3 Å². The van der Waals surface area contributed by atoms with Gasteiger partial charge in [-0.05, 0) is 43.9 Å². The maximum atomic E-state index is 12.7. The van der Waals surface area contributed by atoms with E-state index in [1.807, 2.05) is 0 Å². The lowest BCUT2D eigenvalue weighted by atomic mass is 9.88. The van der Waals surface area contributed by atoms with Crippen LogP contribution in [0.2, 0.25) is 0 Å². The largest absolute Gasteiger partial charge is 0.481 e. The first-order chi connectivity index (χ1) is 12.5. The molecule has 0 bridgehead atoms. The van der Waals surface area contributed by atoms with Crippen molar-refractivity contribution in [3.05, 3.63) is 29.8 Å². The van der Waals surface area contributed by atoms with Gasteiger partial charge in [-0.1, -0.05) is 25.3 Å². The molecule has 26 heavy (non-hydrogen) atoms. The summed E-state index contributed by atoms with van der Waals surface area (Å²) in [4.78, 5) is 37.9. The topological polar surface area (TPSA) is 86.7 Å². The second kappa shape index (κ2) is 8.34. The summed E-state index contributed by atoms with van der Waals surface area (Å²) in [7, 11) is 0. The maximum Gasteiger partial charge on any atom is 0.308 e. The van der Waals surface area contributed by atoms with Crippen molar-refractivity contribution in [3.8, 4) is 0 Å². The molecule has 2 fully saturated rings. The predicted octanol–water partition coefficient (Wildman–Crippen LogP) is 3.14. The Morgan fingerprint density at radius 3 is 2.46 bits per heavy atom. The molecule has 1 aliphatic carbocycles. The van der Waals surface area contributed by atoms with Gasteiger partial charge in [0.05, 0.1) is 5.92 Å². The molecule has 6 nitrogen and oxygen atoms in total. The molecule has 2 N–H and O–H groups in total. The quantitative estimate of drug-likeness (QED) is 0.866. The molecule has 1 heterocycles. The molecule has 0 unspecified atom stereocenters. The summed E-state index contributed by atoms with van der Waals surface area (Å²) in [6.07, 6.45) is 6.54. The average Bonchev–Trinajstić information content (AvgIpc) is 2.68. The Hall–Kier alpha value is -2.37. The number of carbonyl (C=O) groups excluding carboxylic acids is 2. The SMILES string of the molecule is O=C(Nc1cccc(C(=O)N2CCC[C@H](C(=O)O)C2)c1)C1CCCCC1. The van der Waals surface area contributed by atoms with E-state index in [9.17, 15) is 19.5 Å². The molecule has 1 aromatic rings. The van der Waals surface area contributed by atoms with Gasteiger partial charge in [-0.3, -0.25) is 14.4 Å². The van der Waals surface area contributed by atoms with E-state index >= 15 is 0 Å². The van der Waals surface area contributed by atoms with Crippen LogP contribution in [0.25, 0.3) is 0 Å². The fourth-order valence-corrected chi connectivity index (χ4v) is 3.88. The van der Waals surface area contributed by atoms with E-state index in [0.29, 0.717) is 30.6 Å².